The molecular weight excluding hydrogens is 354 g/mol. The van der Waals surface area contributed by atoms with Gasteiger partial charge in [-0.05, 0) is 57.9 Å². The maximum atomic E-state index is 12.8. The van der Waals surface area contributed by atoms with Crippen LogP contribution in [0.25, 0.3) is 0 Å². The first-order valence-corrected chi connectivity index (χ1v) is 10.2. The minimum Gasteiger partial charge on any atom is -0.444 e. The van der Waals surface area contributed by atoms with Gasteiger partial charge < -0.3 is 20.3 Å². The van der Waals surface area contributed by atoms with Crippen molar-refractivity contribution in [3.63, 3.8) is 0 Å². The molecule has 0 radical (unpaired) electrons. The Morgan fingerprint density at radius 2 is 1.79 bits per heavy atom. The quantitative estimate of drug-likeness (QED) is 0.827. The maximum Gasteiger partial charge on any atom is 0.410 e. The second-order valence-corrected chi connectivity index (χ2v) is 9.29. The number of ether oxygens (including phenoxy) is 1. The van der Waals surface area contributed by atoms with E-state index < -0.39 is 11.1 Å². The number of amides is 3. The molecule has 3 rings (SSSR count). The zero-order valence-corrected chi connectivity index (χ0v) is 17.5. The summed E-state index contributed by atoms with van der Waals surface area (Å²) in [4.78, 5) is 28.4. The molecule has 0 bridgehead atoms. The number of carbonyl (C=O) groups excluding carboxylic acids is 2. The second-order valence-electron chi connectivity index (χ2n) is 9.29. The van der Waals surface area contributed by atoms with Crippen LogP contribution >= 0.6 is 0 Å². The Bertz CT molecular complexity index is 703. The van der Waals surface area contributed by atoms with Crippen LogP contribution in [0.5, 0.6) is 0 Å². The largest absolute Gasteiger partial charge is 0.444 e. The first-order chi connectivity index (χ1) is 13.1. The van der Waals surface area contributed by atoms with Gasteiger partial charge in [-0.1, -0.05) is 36.8 Å². The van der Waals surface area contributed by atoms with E-state index in [-0.39, 0.29) is 18.2 Å². The van der Waals surface area contributed by atoms with E-state index in [1.165, 1.54) is 6.42 Å². The Morgan fingerprint density at radius 3 is 2.25 bits per heavy atom. The highest BCUT2D eigenvalue weighted by molar-refractivity contribution is 5.73. The summed E-state index contributed by atoms with van der Waals surface area (Å²) in [6.07, 6.45) is 4.55. The summed E-state index contributed by atoms with van der Waals surface area (Å²) < 4.78 is 5.62. The van der Waals surface area contributed by atoms with Gasteiger partial charge in [0.25, 0.3) is 0 Å². The number of benzene rings is 1. The molecule has 1 aromatic carbocycles. The van der Waals surface area contributed by atoms with E-state index in [4.69, 9.17) is 10.5 Å². The summed E-state index contributed by atoms with van der Waals surface area (Å²) in [7, 11) is 1.79. The van der Waals surface area contributed by atoms with Crippen molar-refractivity contribution in [2.45, 2.75) is 70.1 Å². The van der Waals surface area contributed by atoms with Gasteiger partial charge in [0.2, 0.25) is 0 Å². The molecule has 3 amide bonds. The Hall–Kier alpha value is -2.24. The lowest BCUT2D eigenvalue weighted by molar-refractivity contribution is -0.0493. The number of nitrogens with zero attached hydrogens (tertiary/aromatic N) is 2. The van der Waals surface area contributed by atoms with E-state index in [0.29, 0.717) is 18.8 Å². The number of rotatable bonds is 5. The van der Waals surface area contributed by atoms with Gasteiger partial charge in [-0.15, -0.1) is 0 Å². The van der Waals surface area contributed by atoms with Crippen LogP contribution in [0.1, 0.15) is 58.4 Å². The Morgan fingerprint density at radius 1 is 1.18 bits per heavy atom. The Kier molecular flexibility index (Phi) is 5.60. The molecule has 0 unspecified atom stereocenters. The number of urea groups is 1. The summed E-state index contributed by atoms with van der Waals surface area (Å²) >= 11 is 0. The lowest BCUT2D eigenvalue weighted by atomic mass is 9.66. The van der Waals surface area contributed by atoms with Gasteiger partial charge >= 0.3 is 12.1 Å². The molecule has 1 aromatic rings. The second kappa shape index (κ2) is 7.64. The molecule has 6 heteroatoms. The predicted molar refractivity (Wildman–Crippen MR) is 109 cm³/mol. The zero-order valence-electron chi connectivity index (χ0n) is 17.5. The van der Waals surface area contributed by atoms with Crippen LogP contribution in [0.2, 0.25) is 0 Å². The van der Waals surface area contributed by atoms with E-state index in [9.17, 15) is 9.59 Å². The minimum atomic E-state index is -0.560. The van der Waals surface area contributed by atoms with Crippen LogP contribution in [0, 0.1) is 5.92 Å². The van der Waals surface area contributed by atoms with Crippen molar-refractivity contribution in [1.82, 2.24) is 9.80 Å². The van der Waals surface area contributed by atoms with E-state index in [1.54, 1.807) is 11.9 Å². The SMILES string of the molecule is CN(C(=O)OC(C)(C)C)[C@]1(c2ccccc2)C[C@H](N(CC2CCC2)C(N)=O)C1. The number of hydrogen-bond donors (Lipinski definition) is 1. The van der Waals surface area contributed by atoms with E-state index in [0.717, 1.165) is 24.9 Å². The van der Waals surface area contributed by atoms with Gasteiger partial charge in [-0.3, -0.25) is 0 Å². The lowest BCUT2D eigenvalue weighted by Crippen LogP contribution is -2.64. The van der Waals surface area contributed by atoms with Crippen molar-refractivity contribution in [2.24, 2.45) is 11.7 Å². The fourth-order valence-corrected chi connectivity index (χ4v) is 4.27. The molecule has 0 spiro atoms. The van der Waals surface area contributed by atoms with Crippen LogP contribution in [-0.2, 0) is 10.3 Å². The van der Waals surface area contributed by atoms with E-state index >= 15 is 0 Å². The third-order valence-corrected chi connectivity index (χ3v) is 6.17. The van der Waals surface area contributed by atoms with Gasteiger partial charge in [-0.25, -0.2) is 9.59 Å². The van der Waals surface area contributed by atoms with Gasteiger partial charge in [0.15, 0.2) is 0 Å². The third-order valence-electron chi connectivity index (χ3n) is 6.17. The summed E-state index contributed by atoms with van der Waals surface area (Å²) in [6, 6.07) is 9.69. The summed E-state index contributed by atoms with van der Waals surface area (Å²) in [5, 5.41) is 0. The monoisotopic (exact) mass is 387 g/mol. The lowest BCUT2D eigenvalue weighted by Gasteiger charge is -2.56. The van der Waals surface area contributed by atoms with Crippen LogP contribution in [-0.4, -0.2) is 47.2 Å². The first-order valence-electron chi connectivity index (χ1n) is 10.2. The number of carbonyl (C=O) groups is 2. The van der Waals surface area contributed by atoms with Crippen molar-refractivity contribution in [2.75, 3.05) is 13.6 Å². The molecule has 0 atom stereocenters. The normalized spacial score (nSPS) is 24.6. The molecule has 28 heavy (non-hydrogen) atoms. The third kappa shape index (κ3) is 4.10. The average Bonchev–Trinajstić information content (AvgIpc) is 2.53. The first kappa shape index (κ1) is 20.5. The van der Waals surface area contributed by atoms with Crippen molar-refractivity contribution in [3.05, 3.63) is 35.9 Å². The van der Waals surface area contributed by atoms with Crippen LogP contribution in [0.4, 0.5) is 9.59 Å². The molecule has 2 N–H and O–H groups in total. The Labute approximate surface area is 168 Å². The molecule has 6 nitrogen and oxygen atoms in total. The van der Waals surface area contributed by atoms with Crippen molar-refractivity contribution < 1.29 is 14.3 Å². The summed E-state index contributed by atoms with van der Waals surface area (Å²) in [6.45, 7) is 6.32. The molecule has 2 saturated carbocycles. The highest BCUT2D eigenvalue weighted by Crippen LogP contribution is 2.49. The van der Waals surface area contributed by atoms with Crippen molar-refractivity contribution in [1.29, 1.82) is 0 Å². The van der Waals surface area contributed by atoms with Gasteiger partial charge in [0.05, 0.1) is 5.54 Å². The molecule has 0 saturated heterocycles. The van der Waals surface area contributed by atoms with Crippen LogP contribution in [0.15, 0.2) is 30.3 Å². The number of primary amides is 1. The van der Waals surface area contributed by atoms with Crippen LogP contribution in [0.3, 0.4) is 0 Å². The van der Waals surface area contributed by atoms with Gasteiger partial charge in [0.1, 0.15) is 5.60 Å². The summed E-state index contributed by atoms with van der Waals surface area (Å²) in [5.41, 5.74) is 5.72. The van der Waals surface area contributed by atoms with Crippen molar-refractivity contribution in [3.8, 4) is 0 Å². The van der Waals surface area contributed by atoms with Gasteiger partial charge in [-0.2, -0.15) is 0 Å². The molecule has 154 valence electrons. The predicted octanol–water partition coefficient (Wildman–Crippen LogP) is 4.09. The van der Waals surface area contributed by atoms with E-state index in [2.05, 4.69) is 0 Å². The smallest absolute Gasteiger partial charge is 0.410 e. The highest BCUT2D eigenvalue weighted by Gasteiger charge is 2.53. The number of nitrogens with two attached hydrogens (primary N) is 1. The minimum absolute atomic E-state index is 0.0446. The average molecular weight is 388 g/mol. The van der Waals surface area contributed by atoms with E-state index in [1.807, 2.05) is 56.0 Å². The molecule has 0 aliphatic heterocycles. The fraction of sp³-hybridized carbons (Fsp3) is 0.636. The zero-order chi connectivity index (χ0) is 20.5. The maximum absolute atomic E-state index is 12.8. The molecule has 2 aliphatic rings. The fourth-order valence-electron chi connectivity index (χ4n) is 4.27. The number of hydrogen-bond acceptors (Lipinski definition) is 3. The summed E-state index contributed by atoms with van der Waals surface area (Å²) in [5.74, 6) is 0.558. The molecule has 2 aliphatic carbocycles. The Balaban J connectivity index is 1.80. The topological polar surface area (TPSA) is 75.9 Å². The molecule has 0 aromatic heterocycles. The van der Waals surface area contributed by atoms with Crippen LogP contribution < -0.4 is 5.73 Å². The molecular formula is C22H33N3O3. The standard InChI is InChI=1S/C22H33N3O3/c1-21(2,3)28-20(27)24(4)22(17-11-6-5-7-12-17)13-18(14-22)25(19(23)26)15-16-9-8-10-16/h5-7,11-12,16,18H,8-10,13-15H2,1-4H3,(H2,23,26)/t18-,22+. The highest BCUT2D eigenvalue weighted by atomic mass is 16.6. The molecule has 0 heterocycles. The van der Waals surface area contributed by atoms with Crippen molar-refractivity contribution >= 4 is 12.1 Å². The molecule has 2 fully saturated rings. The van der Waals surface area contributed by atoms with Gasteiger partial charge in [0, 0.05) is 19.6 Å².